The molecule has 0 aliphatic rings. The maximum absolute atomic E-state index is 12.3. The van der Waals surface area contributed by atoms with Crippen molar-refractivity contribution in [3.05, 3.63) is 29.8 Å². The Morgan fingerprint density at radius 2 is 1.74 bits per heavy atom. The van der Waals surface area contributed by atoms with Crippen molar-refractivity contribution in [1.29, 1.82) is 0 Å². The smallest absolute Gasteiger partial charge is 0.243 e. The van der Waals surface area contributed by atoms with Crippen LogP contribution in [0.2, 0.25) is 0 Å². The van der Waals surface area contributed by atoms with Gasteiger partial charge in [0.2, 0.25) is 10.0 Å². The Labute approximate surface area is 156 Å². The van der Waals surface area contributed by atoms with Gasteiger partial charge in [0, 0.05) is 19.1 Å². The van der Waals surface area contributed by atoms with E-state index in [0.29, 0.717) is 12.5 Å². The largest absolute Gasteiger partial charge is 0.370 e. The first kappa shape index (κ1) is 22.1. The average Bonchev–Trinajstić information content (AvgIpc) is 2.43. The number of hydrogen-bond acceptors (Lipinski definition) is 3. The van der Waals surface area contributed by atoms with Crippen LogP contribution < -0.4 is 11.1 Å². The predicted molar refractivity (Wildman–Crippen MR) is 106 cm³/mol. The van der Waals surface area contributed by atoms with Crippen LogP contribution in [0.3, 0.4) is 0 Å². The summed E-state index contributed by atoms with van der Waals surface area (Å²) in [5.74, 6) is 0.381. The van der Waals surface area contributed by atoms with E-state index < -0.39 is 10.0 Å². The highest BCUT2D eigenvalue weighted by Crippen LogP contribution is 2.17. The van der Waals surface area contributed by atoms with Gasteiger partial charge in [-0.2, -0.15) is 4.31 Å². The Bertz CT molecular complexity index is 613. The van der Waals surface area contributed by atoms with E-state index in [1.807, 2.05) is 27.7 Å². The standard InChI is InChI=1S/C15H26N4O2S.HI/c1-11(2)18-15(16)17-10-13-6-8-14(9-7-13)22(20,21)19(5)12(3)4;/h6-9,11-12H,10H2,1-5H3,(H3,16,17,18);1H. The molecule has 0 saturated heterocycles. The van der Waals surface area contributed by atoms with Crippen LogP contribution in [0.15, 0.2) is 34.2 Å². The molecule has 0 fully saturated rings. The molecule has 0 bridgehead atoms. The molecule has 0 unspecified atom stereocenters. The maximum Gasteiger partial charge on any atom is 0.243 e. The lowest BCUT2D eigenvalue weighted by atomic mass is 10.2. The van der Waals surface area contributed by atoms with Crippen molar-refractivity contribution >= 4 is 40.0 Å². The second-order valence-corrected chi connectivity index (χ2v) is 7.76. The summed E-state index contributed by atoms with van der Waals surface area (Å²) in [5.41, 5.74) is 6.63. The van der Waals surface area contributed by atoms with Gasteiger partial charge >= 0.3 is 0 Å². The van der Waals surface area contributed by atoms with Gasteiger partial charge in [-0.15, -0.1) is 24.0 Å². The molecule has 0 saturated carbocycles. The highest BCUT2D eigenvalue weighted by atomic mass is 127. The molecule has 23 heavy (non-hydrogen) atoms. The molecule has 0 atom stereocenters. The van der Waals surface area contributed by atoms with E-state index >= 15 is 0 Å². The first-order valence-electron chi connectivity index (χ1n) is 7.28. The molecular formula is C15H27IN4O2S. The minimum absolute atomic E-state index is 0. The zero-order valence-electron chi connectivity index (χ0n) is 14.3. The summed E-state index contributed by atoms with van der Waals surface area (Å²) in [7, 11) is -1.86. The number of aliphatic imine (C=N–C) groups is 1. The molecule has 132 valence electrons. The summed E-state index contributed by atoms with van der Waals surface area (Å²) in [6, 6.07) is 6.86. The molecule has 8 heteroatoms. The number of nitrogens with two attached hydrogens (primary N) is 1. The number of sulfonamides is 1. The van der Waals surface area contributed by atoms with Crippen LogP contribution in [0, 0.1) is 0 Å². The molecule has 0 spiro atoms. The zero-order valence-corrected chi connectivity index (χ0v) is 17.4. The van der Waals surface area contributed by atoms with Crippen molar-refractivity contribution in [3.63, 3.8) is 0 Å². The first-order chi connectivity index (χ1) is 10.1. The highest BCUT2D eigenvalue weighted by Gasteiger charge is 2.22. The van der Waals surface area contributed by atoms with E-state index in [0.717, 1.165) is 5.56 Å². The second kappa shape index (κ2) is 9.43. The van der Waals surface area contributed by atoms with Crippen LogP contribution in [0.1, 0.15) is 33.3 Å². The van der Waals surface area contributed by atoms with Crippen molar-refractivity contribution in [1.82, 2.24) is 9.62 Å². The van der Waals surface area contributed by atoms with Crippen molar-refractivity contribution in [2.45, 2.75) is 51.2 Å². The topological polar surface area (TPSA) is 87.8 Å². The van der Waals surface area contributed by atoms with Gasteiger partial charge < -0.3 is 11.1 Å². The summed E-state index contributed by atoms with van der Waals surface area (Å²) in [6.07, 6.45) is 0. The van der Waals surface area contributed by atoms with Gasteiger partial charge in [0.05, 0.1) is 11.4 Å². The number of halogens is 1. The van der Waals surface area contributed by atoms with E-state index in [-0.39, 0.29) is 41.0 Å². The third-order valence-corrected chi connectivity index (χ3v) is 5.24. The molecule has 0 heterocycles. The SMILES string of the molecule is CC(C)NC(N)=NCc1ccc(S(=O)(=O)N(C)C(C)C)cc1.I. The van der Waals surface area contributed by atoms with Gasteiger partial charge in [0.15, 0.2) is 5.96 Å². The van der Waals surface area contributed by atoms with Gasteiger partial charge in [0.1, 0.15) is 0 Å². The average molecular weight is 454 g/mol. The van der Waals surface area contributed by atoms with Crippen molar-refractivity contribution < 1.29 is 8.42 Å². The Kier molecular flexibility index (Phi) is 9.07. The fraction of sp³-hybridized carbons (Fsp3) is 0.533. The van der Waals surface area contributed by atoms with E-state index in [9.17, 15) is 8.42 Å². The molecule has 1 aromatic rings. The van der Waals surface area contributed by atoms with Crippen LogP contribution in [-0.2, 0) is 16.6 Å². The summed E-state index contributed by atoms with van der Waals surface area (Å²) in [4.78, 5) is 4.50. The highest BCUT2D eigenvalue weighted by molar-refractivity contribution is 14.0. The number of nitrogens with one attached hydrogen (secondary N) is 1. The Hall–Kier alpha value is -0.870. The third kappa shape index (κ3) is 6.64. The Morgan fingerprint density at radius 3 is 2.17 bits per heavy atom. The fourth-order valence-corrected chi connectivity index (χ4v) is 3.10. The predicted octanol–water partition coefficient (Wildman–Crippen LogP) is 2.15. The van der Waals surface area contributed by atoms with E-state index in [1.165, 1.54) is 4.31 Å². The number of hydrogen-bond donors (Lipinski definition) is 2. The van der Waals surface area contributed by atoms with Crippen LogP contribution in [0.25, 0.3) is 0 Å². The molecule has 1 rings (SSSR count). The van der Waals surface area contributed by atoms with E-state index in [2.05, 4.69) is 10.3 Å². The van der Waals surface area contributed by atoms with E-state index in [4.69, 9.17) is 5.73 Å². The molecular weight excluding hydrogens is 427 g/mol. The number of rotatable bonds is 6. The van der Waals surface area contributed by atoms with E-state index in [1.54, 1.807) is 31.3 Å². The van der Waals surface area contributed by atoms with Crippen LogP contribution in [0.5, 0.6) is 0 Å². The quantitative estimate of drug-likeness (QED) is 0.392. The van der Waals surface area contributed by atoms with Crippen LogP contribution in [-0.4, -0.2) is 37.8 Å². The lowest BCUT2D eigenvalue weighted by molar-refractivity contribution is 0.410. The number of guanidine groups is 1. The molecule has 0 aliphatic heterocycles. The number of nitrogens with zero attached hydrogens (tertiary/aromatic N) is 2. The molecule has 6 nitrogen and oxygen atoms in total. The summed E-state index contributed by atoms with van der Waals surface area (Å²) in [6.45, 7) is 8.04. The first-order valence-corrected chi connectivity index (χ1v) is 8.72. The molecule has 0 aliphatic carbocycles. The second-order valence-electron chi connectivity index (χ2n) is 5.76. The molecule has 3 N–H and O–H groups in total. The monoisotopic (exact) mass is 454 g/mol. The number of benzene rings is 1. The third-order valence-electron chi connectivity index (χ3n) is 3.20. The van der Waals surface area contributed by atoms with Crippen molar-refractivity contribution in [3.8, 4) is 0 Å². The fourth-order valence-electron chi connectivity index (χ4n) is 1.73. The molecule has 0 aromatic heterocycles. The minimum Gasteiger partial charge on any atom is -0.370 e. The van der Waals surface area contributed by atoms with Crippen LogP contribution >= 0.6 is 24.0 Å². The van der Waals surface area contributed by atoms with Gasteiger partial charge in [-0.3, -0.25) is 0 Å². The molecule has 0 amide bonds. The van der Waals surface area contributed by atoms with Crippen molar-refractivity contribution in [2.75, 3.05) is 7.05 Å². The zero-order chi connectivity index (χ0) is 16.9. The summed E-state index contributed by atoms with van der Waals surface area (Å²) < 4.78 is 26.0. The Morgan fingerprint density at radius 1 is 1.22 bits per heavy atom. The van der Waals surface area contributed by atoms with Gasteiger partial charge in [0.25, 0.3) is 0 Å². The lowest BCUT2D eigenvalue weighted by Crippen LogP contribution is -2.36. The molecule has 0 radical (unpaired) electrons. The maximum atomic E-state index is 12.3. The summed E-state index contributed by atoms with van der Waals surface area (Å²) >= 11 is 0. The summed E-state index contributed by atoms with van der Waals surface area (Å²) in [5, 5.41) is 3.00. The van der Waals surface area contributed by atoms with Crippen molar-refractivity contribution in [2.24, 2.45) is 10.7 Å². The van der Waals surface area contributed by atoms with Crippen LogP contribution in [0.4, 0.5) is 0 Å². The Balaban J connectivity index is 0.00000484. The van der Waals surface area contributed by atoms with Gasteiger partial charge in [-0.25, -0.2) is 13.4 Å². The normalized spacial score (nSPS) is 12.6. The van der Waals surface area contributed by atoms with Gasteiger partial charge in [-0.05, 0) is 45.4 Å². The minimum atomic E-state index is -3.44. The van der Waals surface area contributed by atoms with Gasteiger partial charge in [-0.1, -0.05) is 12.1 Å². The molecule has 1 aromatic carbocycles. The lowest BCUT2D eigenvalue weighted by Gasteiger charge is -2.21.